The van der Waals surface area contributed by atoms with Crippen molar-refractivity contribution in [3.8, 4) is 0 Å². The van der Waals surface area contributed by atoms with Crippen molar-refractivity contribution in [2.45, 2.75) is 0 Å². The molecule has 0 bridgehead atoms. The van der Waals surface area contributed by atoms with E-state index in [9.17, 15) is 0 Å². The van der Waals surface area contributed by atoms with E-state index in [0.29, 0.717) is 0 Å². The number of hydrogen-bond donors (Lipinski definition) is 1. The van der Waals surface area contributed by atoms with E-state index in [1.165, 1.54) is 0 Å². The van der Waals surface area contributed by atoms with Crippen LogP contribution in [0.5, 0.6) is 0 Å². The zero-order valence-electron chi connectivity index (χ0n) is 5.23. The van der Waals surface area contributed by atoms with E-state index in [2.05, 4.69) is 0 Å². The Balaban J connectivity index is 3.06. The highest BCUT2D eigenvalue weighted by molar-refractivity contribution is 8.00. The van der Waals surface area contributed by atoms with Gasteiger partial charge in [-0.25, -0.2) is 0 Å². The SMILES string of the molecule is CSCC(=N)CSC. The predicted octanol–water partition coefficient (Wildman–Crippen LogP) is 1.73. The Labute approximate surface area is 59.1 Å². The van der Waals surface area contributed by atoms with Crippen molar-refractivity contribution < 1.29 is 0 Å². The van der Waals surface area contributed by atoms with Gasteiger partial charge in [-0.05, 0) is 12.5 Å². The molecule has 0 aliphatic carbocycles. The molecule has 1 N–H and O–H groups in total. The summed E-state index contributed by atoms with van der Waals surface area (Å²) in [5, 5.41) is 7.25. The second-order valence-electron chi connectivity index (χ2n) is 1.47. The van der Waals surface area contributed by atoms with Crippen LogP contribution >= 0.6 is 23.5 Å². The third kappa shape index (κ3) is 4.53. The summed E-state index contributed by atoms with van der Waals surface area (Å²) in [6.07, 6.45) is 4.05. The lowest BCUT2D eigenvalue weighted by Crippen LogP contribution is -2.01. The van der Waals surface area contributed by atoms with Crippen LogP contribution in [0, 0.1) is 5.41 Å². The quantitative estimate of drug-likeness (QED) is 0.615. The van der Waals surface area contributed by atoms with Crippen LogP contribution in [-0.2, 0) is 0 Å². The van der Waals surface area contributed by atoms with E-state index in [-0.39, 0.29) is 0 Å². The molecule has 0 unspecified atom stereocenters. The van der Waals surface area contributed by atoms with Crippen LogP contribution in [0.4, 0.5) is 0 Å². The summed E-state index contributed by atoms with van der Waals surface area (Å²) in [6.45, 7) is 0. The Bertz CT molecular complexity index is 64.8. The lowest BCUT2D eigenvalue weighted by molar-refractivity contribution is 1.47. The minimum absolute atomic E-state index is 0.838. The Kier molecular flexibility index (Phi) is 5.76. The summed E-state index contributed by atoms with van der Waals surface area (Å²) in [7, 11) is 0. The standard InChI is InChI=1S/C5H11NS2/c1-7-3-5(6)4-8-2/h6H,3-4H2,1-2H3. The molecule has 3 heteroatoms. The van der Waals surface area contributed by atoms with E-state index in [1.54, 1.807) is 23.5 Å². The van der Waals surface area contributed by atoms with Gasteiger partial charge in [0.2, 0.25) is 0 Å². The van der Waals surface area contributed by atoms with Crippen molar-refractivity contribution in [2.24, 2.45) is 0 Å². The maximum atomic E-state index is 7.25. The summed E-state index contributed by atoms with van der Waals surface area (Å²) in [6, 6.07) is 0. The highest BCUT2D eigenvalue weighted by Crippen LogP contribution is 1.97. The van der Waals surface area contributed by atoms with Crippen molar-refractivity contribution in [2.75, 3.05) is 24.0 Å². The predicted molar refractivity (Wildman–Crippen MR) is 44.5 cm³/mol. The molecule has 0 aromatic rings. The molecular weight excluding hydrogens is 138 g/mol. The molecule has 0 aliphatic heterocycles. The lowest BCUT2D eigenvalue weighted by Gasteiger charge is -1.95. The molecule has 0 rings (SSSR count). The van der Waals surface area contributed by atoms with Crippen LogP contribution in [0.25, 0.3) is 0 Å². The van der Waals surface area contributed by atoms with Gasteiger partial charge in [-0.1, -0.05) is 0 Å². The molecule has 0 saturated carbocycles. The molecule has 8 heavy (non-hydrogen) atoms. The van der Waals surface area contributed by atoms with Gasteiger partial charge in [0, 0.05) is 17.2 Å². The monoisotopic (exact) mass is 149 g/mol. The summed E-state index contributed by atoms with van der Waals surface area (Å²) < 4.78 is 0. The van der Waals surface area contributed by atoms with E-state index in [4.69, 9.17) is 5.41 Å². The third-order valence-corrected chi connectivity index (χ3v) is 1.91. The summed E-state index contributed by atoms with van der Waals surface area (Å²) >= 11 is 3.42. The van der Waals surface area contributed by atoms with Gasteiger partial charge in [-0.3, -0.25) is 0 Å². The van der Waals surface area contributed by atoms with Crippen LogP contribution in [0.3, 0.4) is 0 Å². The Morgan fingerprint density at radius 2 is 1.62 bits per heavy atom. The fourth-order valence-corrected chi connectivity index (χ4v) is 1.42. The zero-order valence-corrected chi connectivity index (χ0v) is 6.86. The maximum Gasteiger partial charge on any atom is 0.0317 e. The number of nitrogens with one attached hydrogen (secondary N) is 1. The highest BCUT2D eigenvalue weighted by atomic mass is 32.2. The molecule has 0 heterocycles. The number of rotatable bonds is 4. The smallest absolute Gasteiger partial charge is 0.0317 e. The average Bonchev–Trinajstić information content (AvgIpc) is 1.68. The van der Waals surface area contributed by atoms with E-state index >= 15 is 0 Å². The lowest BCUT2D eigenvalue weighted by atomic mass is 10.5. The van der Waals surface area contributed by atoms with Gasteiger partial charge in [0.1, 0.15) is 0 Å². The molecule has 0 amide bonds. The largest absolute Gasteiger partial charge is 0.308 e. The minimum Gasteiger partial charge on any atom is -0.308 e. The molecule has 0 radical (unpaired) electrons. The molecule has 1 nitrogen and oxygen atoms in total. The molecule has 0 aliphatic rings. The second-order valence-corrected chi connectivity index (χ2v) is 3.20. The second kappa shape index (κ2) is 5.51. The van der Waals surface area contributed by atoms with Crippen molar-refractivity contribution in [1.29, 1.82) is 5.41 Å². The Morgan fingerprint density at radius 3 is 1.88 bits per heavy atom. The molecule has 0 aromatic heterocycles. The van der Waals surface area contributed by atoms with E-state index in [1.807, 2.05) is 12.5 Å². The van der Waals surface area contributed by atoms with Gasteiger partial charge >= 0.3 is 0 Å². The van der Waals surface area contributed by atoms with Crippen LogP contribution in [0.15, 0.2) is 0 Å². The van der Waals surface area contributed by atoms with Crippen LogP contribution in [0.1, 0.15) is 0 Å². The molecular formula is C5H11NS2. The van der Waals surface area contributed by atoms with E-state index < -0.39 is 0 Å². The Hall–Kier alpha value is 0.370. The third-order valence-electron chi connectivity index (χ3n) is 0.637. The van der Waals surface area contributed by atoms with Gasteiger partial charge in [0.15, 0.2) is 0 Å². The van der Waals surface area contributed by atoms with Crippen molar-refractivity contribution in [3.05, 3.63) is 0 Å². The first-order chi connectivity index (χ1) is 3.81. The first kappa shape index (κ1) is 8.37. The summed E-state index contributed by atoms with van der Waals surface area (Å²) in [5.74, 6) is 1.78. The highest BCUT2D eigenvalue weighted by Gasteiger charge is 1.90. The first-order valence-electron chi connectivity index (χ1n) is 2.35. The molecule has 0 fully saturated rings. The maximum absolute atomic E-state index is 7.25. The fraction of sp³-hybridized carbons (Fsp3) is 0.800. The average molecular weight is 149 g/mol. The van der Waals surface area contributed by atoms with Gasteiger partial charge < -0.3 is 5.41 Å². The Morgan fingerprint density at radius 1 is 1.25 bits per heavy atom. The molecule has 0 saturated heterocycles. The van der Waals surface area contributed by atoms with Crippen molar-refractivity contribution >= 4 is 29.2 Å². The summed E-state index contributed by atoms with van der Waals surface area (Å²) in [4.78, 5) is 0. The topological polar surface area (TPSA) is 23.9 Å². The number of hydrogen-bond acceptors (Lipinski definition) is 3. The van der Waals surface area contributed by atoms with Gasteiger partial charge in [-0.15, -0.1) is 0 Å². The summed E-state index contributed by atoms with van der Waals surface area (Å²) in [5.41, 5.74) is 0.838. The van der Waals surface area contributed by atoms with Crippen LogP contribution < -0.4 is 0 Å². The van der Waals surface area contributed by atoms with E-state index in [0.717, 1.165) is 17.2 Å². The van der Waals surface area contributed by atoms with Crippen molar-refractivity contribution in [3.63, 3.8) is 0 Å². The first-order valence-corrected chi connectivity index (χ1v) is 5.14. The van der Waals surface area contributed by atoms with Gasteiger partial charge in [0.05, 0.1) is 0 Å². The number of thioether (sulfide) groups is 2. The van der Waals surface area contributed by atoms with Crippen LogP contribution in [0.2, 0.25) is 0 Å². The van der Waals surface area contributed by atoms with Crippen LogP contribution in [-0.4, -0.2) is 29.7 Å². The van der Waals surface area contributed by atoms with Gasteiger partial charge in [0.25, 0.3) is 0 Å². The normalized spacial score (nSPS) is 9.25. The minimum atomic E-state index is 0.838. The molecule has 0 spiro atoms. The molecule has 0 aromatic carbocycles. The van der Waals surface area contributed by atoms with Gasteiger partial charge in [-0.2, -0.15) is 23.5 Å². The zero-order chi connectivity index (χ0) is 6.41. The molecule has 0 atom stereocenters. The molecule has 48 valence electrons. The fourth-order valence-electron chi connectivity index (χ4n) is 0.390. The van der Waals surface area contributed by atoms with Crippen molar-refractivity contribution in [1.82, 2.24) is 0 Å².